The molecule has 6 N–H and O–H groups in total. The number of H-pyrrole nitrogens is 1. The Morgan fingerprint density at radius 2 is 1.88 bits per heavy atom. The van der Waals surface area contributed by atoms with E-state index in [4.69, 9.17) is 5.73 Å². The maximum Gasteiger partial charge on any atom is 0.255 e. The Morgan fingerprint density at radius 1 is 1.12 bits per heavy atom. The van der Waals surface area contributed by atoms with Crippen molar-refractivity contribution in [2.24, 2.45) is 0 Å². The van der Waals surface area contributed by atoms with Gasteiger partial charge in [0.1, 0.15) is 0 Å². The van der Waals surface area contributed by atoms with Gasteiger partial charge in [-0.05, 0) is 35.7 Å². The molecule has 0 fully saturated rings. The minimum absolute atomic E-state index is 0.273. The molecule has 2 aromatic heterocycles. The number of thiophene rings is 1. The third-order valence-corrected chi connectivity index (χ3v) is 6.48. The number of rotatable bonds is 7. The van der Waals surface area contributed by atoms with E-state index in [0.29, 0.717) is 33.8 Å². The van der Waals surface area contributed by atoms with Crippen LogP contribution in [-0.2, 0) is 4.79 Å². The van der Waals surface area contributed by atoms with Crippen molar-refractivity contribution in [1.29, 1.82) is 0 Å². The Balaban J connectivity index is 1.55. The first-order valence-corrected chi connectivity index (χ1v) is 11.4. The van der Waals surface area contributed by atoms with Crippen LogP contribution in [0.3, 0.4) is 0 Å². The van der Waals surface area contributed by atoms with Gasteiger partial charge < -0.3 is 26.5 Å². The molecule has 2 aromatic carbocycles. The fourth-order valence-corrected chi connectivity index (χ4v) is 4.38. The van der Waals surface area contributed by atoms with Crippen LogP contribution in [0.2, 0.25) is 0 Å². The Labute approximate surface area is 194 Å². The number of aromatic nitrogens is 2. The highest BCUT2D eigenvalue weighted by atomic mass is 32.1. The lowest BCUT2D eigenvalue weighted by atomic mass is 10.00. The summed E-state index contributed by atoms with van der Waals surface area (Å²) in [6.45, 7) is 4.12. The summed E-state index contributed by atoms with van der Waals surface area (Å²) in [5.74, 6) is -0.424. The van der Waals surface area contributed by atoms with Crippen LogP contribution in [0.25, 0.3) is 11.0 Å². The number of carbonyl (C=O) groups excluding carboxylic acids is 2. The number of nitrogen functional groups attached to an aromatic ring is 1. The van der Waals surface area contributed by atoms with Gasteiger partial charge in [0.2, 0.25) is 0 Å². The fourth-order valence-electron chi connectivity index (χ4n) is 3.48. The molecule has 0 saturated heterocycles. The molecule has 2 unspecified atom stereocenters. The normalized spacial score (nSPS) is 13.1. The number of nitrogens with one attached hydrogen (secondary N) is 3. The Hall–Kier alpha value is -3.69. The van der Waals surface area contributed by atoms with Crippen molar-refractivity contribution in [1.82, 2.24) is 15.3 Å². The third-order valence-electron chi connectivity index (χ3n) is 5.25. The molecule has 0 aliphatic rings. The second-order valence-electron chi connectivity index (χ2n) is 8.04. The van der Waals surface area contributed by atoms with Gasteiger partial charge in [-0.3, -0.25) is 9.59 Å². The number of benzene rings is 2. The molecular weight excluding hydrogens is 438 g/mol. The minimum Gasteiger partial charge on any atom is -0.381 e. The monoisotopic (exact) mass is 463 g/mol. The third kappa shape index (κ3) is 5.05. The van der Waals surface area contributed by atoms with Crippen LogP contribution in [-0.4, -0.2) is 33.0 Å². The number of aliphatic hydroxyl groups excluding tert-OH is 1. The van der Waals surface area contributed by atoms with E-state index in [0.717, 1.165) is 4.88 Å². The first-order chi connectivity index (χ1) is 15.8. The SMILES string of the molecule is CC(C)c1cc(C(=O)NC(c2ccccc2)C(O)C(=O)Nc2ccc3nc(N)[nH]c3c2)cs1. The van der Waals surface area contributed by atoms with Crippen LogP contribution in [0.4, 0.5) is 11.6 Å². The van der Waals surface area contributed by atoms with Crippen molar-refractivity contribution in [2.75, 3.05) is 11.1 Å². The molecule has 2 amide bonds. The fraction of sp³-hybridized carbons (Fsp3) is 0.208. The summed E-state index contributed by atoms with van der Waals surface area (Å²) in [6, 6.07) is 14.9. The van der Waals surface area contributed by atoms with E-state index < -0.39 is 18.1 Å². The van der Waals surface area contributed by atoms with Crippen molar-refractivity contribution >= 4 is 45.8 Å². The van der Waals surface area contributed by atoms with E-state index in [-0.39, 0.29) is 11.9 Å². The highest BCUT2D eigenvalue weighted by Crippen LogP contribution is 2.25. The zero-order valence-corrected chi connectivity index (χ0v) is 19.0. The summed E-state index contributed by atoms with van der Waals surface area (Å²) >= 11 is 1.51. The number of carbonyl (C=O) groups is 2. The van der Waals surface area contributed by atoms with Crippen LogP contribution in [0.1, 0.15) is 46.6 Å². The second kappa shape index (κ2) is 9.43. The van der Waals surface area contributed by atoms with E-state index in [1.54, 1.807) is 47.8 Å². The molecule has 9 heteroatoms. The summed E-state index contributed by atoms with van der Waals surface area (Å²) in [4.78, 5) is 34.0. The standard InChI is InChI=1S/C24H25N5O3S/c1-13(2)19-10-15(12-33-19)22(31)29-20(14-6-4-3-5-7-14)21(30)23(32)26-16-8-9-17-18(11-16)28-24(25)27-17/h3-13,20-21,30H,1-2H3,(H,26,32)(H,29,31)(H3,25,27,28). The van der Waals surface area contributed by atoms with Crippen molar-refractivity contribution in [2.45, 2.75) is 31.9 Å². The van der Waals surface area contributed by atoms with Crippen LogP contribution in [0.15, 0.2) is 60.0 Å². The molecule has 33 heavy (non-hydrogen) atoms. The predicted molar refractivity (Wildman–Crippen MR) is 130 cm³/mol. The number of fused-ring (bicyclic) bond motifs is 1. The van der Waals surface area contributed by atoms with Gasteiger partial charge in [0.15, 0.2) is 12.1 Å². The first kappa shape index (κ1) is 22.5. The molecule has 4 rings (SSSR count). The topological polar surface area (TPSA) is 133 Å². The number of imidazole rings is 1. The van der Waals surface area contributed by atoms with Gasteiger partial charge in [-0.25, -0.2) is 4.98 Å². The van der Waals surface area contributed by atoms with Gasteiger partial charge in [0.05, 0.1) is 22.6 Å². The molecule has 0 aliphatic heterocycles. The quantitative estimate of drug-likeness (QED) is 0.284. The molecule has 0 aliphatic carbocycles. The van der Waals surface area contributed by atoms with Crippen molar-refractivity contribution in [3.8, 4) is 0 Å². The summed E-state index contributed by atoms with van der Waals surface area (Å²) in [5.41, 5.74) is 8.58. The summed E-state index contributed by atoms with van der Waals surface area (Å²) < 4.78 is 0. The zero-order valence-electron chi connectivity index (χ0n) is 18.2. The Morgan fingerprint density at radius 3 is 2.58 bits per heavy atom. The number of hydrogen-bond acceptors (Lipinski definition) is 6. The molecule has 2 atom stereocenters. The van der Waals surface area contributed by atoms with Crippen LogP contribution in [0, 0.1) is 0 Å². The van der Waals surface area contributed by atoms with E-state index in [1.165, 1.54) is 11.3 Å². The van der Waals surface area contributed by atoms with Crippen LogP contribution in [0.5, 0.6) is 0 Å². The Bertz CT molecular complexity index is 1280. The summed E-state index contributed by atoms with van der Waals surface area (Å²) in [5, 5.41) is 18.2. The zero-order chi connectivity index (χ0) is 23.5. The number of amides is 2. The van der Waals surface area contributed by atoms with Crippen LogP contribution >= 0.6 is 11.3 Å². The lowest BCUT2D eigenvalue weighted by molar-refractivity contribution is -0.125. The summed E-state index contributed by atoms with van der Waals surface area (Å²) in [6.07, 6.45) is -1.53. The van der Waals surface area contributed by atoms with E-state index in [9.17, 15) is 14.7 Å². The van der Waals surface area contributed by atoms with Crippen molar-refractivity contribution in [3.63, 3.8) is 0 Å². The minimum atomic E-state index is -1.53. The lowest BCUT2D eigenvalue weighted by Crippen LogP contribution is -2.42. The van der Waals surface area contributed by atoms with Gasteiger partial charge in [0, 0.05) is 15.9 Å². The molecule has 2 heterocycles. The maximum atomic E-state index is 12.9. The smallest absolute Gasteiger partial charge is 0.255 e. The lowest BCUT2D eigenvalue weighted by Gasteiger charge is -2.24. The van der Waals surface area contributed by atoms with E-state index in [2.05, 4.69) is 34.4 Å². The largest absolute Gasteiger partial charge is 0.381 e. The number of nitrogens with two attached hydrogens (primary N) is 1. The molecular formula is C24H25N5O3S. The van der Waals surface area contributed by atoms with Gasteiger partial charge in [-0.2, -0.15) is 0 Å². The number of anilines is 2. The molecule has 0 bridgehead atoms. The summed E-state index contributed by atoms with van der Waals surface area (Å²) in [7, 11) is 0. The average molecular weight is 464 g/mol. The molecule has 0 radical (unpaired) electrons. The second-order valence-corrected chi connectivity index (χ2v) is 8.99. The molecule has 8 nitrogen and oxygen atoms in total. The Kier molecular flexibility index (Phi) is 6.43. The van der Waals surface area contributed by atoms with Gasteiger partial charge in [-0.15, -0.1) is 11.3 Å². The molecule has 170 valence electrons. The highest BCUT2D eigenvalue weighted by molar-refractivity contribution is 7.10. The highest BCUT2D eigenvalue weighted by Gasteiger charge is 2.30. The predicted octanol–water partition coefficient (Wildman–Crippen LogP) is 3.80. The van der Waals surface area contributed by atoms with Crippen molar-refractivity contribution < 1.29 is 14.7 Å². The molecule has 4 aromatic rings. The number of hydrogen-bond donors (Lipinski definition) is 5. The maximum absolute atomic E-state index is 12.9. The van der Waals surface area contributed by atoms with E-state index in [1.807, 2.05) is 12.1 Å². The van der Waals surface area contributed by atoms with Crippen LogP contribution < -0.4 is 16.4 Å². The van der Waals surface area contributed by atoms with Gasteiger partial charge >= 0.3 is 0 Å². The van der Waals surface area contributed by atoms with Crippen molar-refractivity contribution in [3.05, 3.63) is 76.0 Å². The molecule has 0 spiro atoms. The first-order valence-electron chi connectivity index (χ1n) is 10.5. The average Bonchev–Trinajstić information content (AvgIpc) is 3.43. The number of nitrogens with zero attached hydrogens (tertiary/aromatic N) is 1. The number of aromatic amines is 1. The van der Waals surface area contributed by atoms with E-state index >= 15 is 0 Å². The van der Waals surface area contributed by atoms with Gasteiger partial charge in [-0.1, -0.05) is 44.2 Å². The number of aliphatic hydroxyl groups is 1. The molecule has 0 saturated carbocycles. The van der Waals surface area contributed by atoms with Gasteiger partial charge in [0.25, 0.3) is 11.8 Å².